The van der Waals surface area contributed by atoms with Gasteiger partial charge in [0, 0.05) is 12.1 Å². The number of benzene rings is 2. The van der Waals surface area contributed by atoms with E-state index in [0.29, 0.717) is 5.56 Å². The molecule has 0 bridgehead atoms. The summed E-state index contributed by atoms with van der Waals surface area (Å²) in [5.74, 6) is -4.43. The summed E-state index contributed by atoms with van der Waals surface area (Å²) in [4.78, 5) is 27.5. The van der Waals surface area contributed by atoms with Crippen LogP contribution in [0.3, 0.4) is 0 Å². The van der Waals surface area contributed by atoms with E-state index in [-0.39, 0.29) is 43.0 Å². The first-order valence-electron chi connectivity index (χ1n) is 8.13. The number of carbonyl (C=O) groups excluding carboxylic acids is 2. The predicted octanol–water partition coefficient (Wildman–Crippen LogP) is 2.06. The lowest BCUT2D eigenvalue weighted by atomic mass is 10.1. The Hall–Kier alpha value is -3.11. The first-order valence-corrected chi connectivity index (χ1v) is 8.13. The van der Waals surface area contributed by atoms with Crippen molar-refractivity contribution < 1.29 is 32.7 Å². The van der Waals surface area contributed by atoms with Gasteiger partial charge in [-0.05, 0) is 30.7 Å². The van der Waals surface area contributed by atoms with Gasteiger partial charge in [0.2, 0.25) is 6.41 Å². The molecule has 28 heavy (non-hydrogen) atoms. The molecule has 0 heterocycles. The highest BCUT2D eigenvalue weighted by molar-refractivity contribution is 6.00. The minimum atomic E-state index is -1.43. The molecular formula is C18H18F3N3O4. The van der Waals surface area contributed by atoms with Gasteiger partial charge in [-0.3, -0.25) is 14.4 Å². The molecule has 2 aromatic rings. The quantitative estimate of drug-likeness (QED) is 0.295. The number of aliphatic hydroxyl groups excluding tert-OH is 1. The standard InChI is InChI=1S/C18H18F3N3O4/c1-10-2-3-14(13(19)6-10)23-17-12(18(27)24-28-5-4-25)7-11(8-22-9-26)15(20)16(17)21/h2-3,6-7,9,23,25H,4-5,8H2,1H3,(H,22,26)(H,24,27). The lowest BCUT2D eigenvalue weighted by Crippen LogP contribution is -2.27. The summed E-state index contributed by atoms with van der Waals surface area (Å²) in [5, 5.41) is 13.3. The van der Waals surface area contributed by atoms with Gasteiger partial charge in [0.1, 0.15) is 5.82 Å². The fraction of sp³-hybridized carbons (Fsp3) is 0.222. The topological polar surface area (TPSA) is 99.7 Å². The van der Waals surface area contributed by atoms with Crippen molar-refractivity contribution >= 4 is 23.7 Å². The predicted molar refractivity (Wildman–Crippen MR) is 94.2 cm³/mol. The molecule has 10 heteroatoms. The van der Waals surface area contributed by atoms with Crippen LogP contribution >= 0.6 is 0 Å². The number of aryl methyl sites for hydroxylation is 1. The lowest BCUT2D eigenvalue weighted by Gasteiger charge is -2.16. The van der Waals surface area contributed by atoms with E-state index < -0.39 is 29.0 Å². The van der Waals surface area contributed by atoms with Crippen molar-refractivity contribution in [2.75, 3.05) is 18.5 Å². The summed E-state index contributed by atoms with van der Waals surface area (Å²) in [7, 11) is 0. The minimum absolute atomic E-state index is 0.173. The number of rotatable bonds is 9. The lowest BCUT2D eigenvalue weighted by molar-refractivity contribution is -0.109. The van der Waals surface area contributed by atoms with Crippen molar-refractivity contribution in [2.45, 2.75) is 13.5 Å². The van der Waals surface area contributed by atoms with Gasteiger partial charge in [0.25, 0.3) is 5.91 Å². The molecule has 0 aliphatic carbocycles. The third-order valence-corrected chi connectivity index (χ3v) is 3.64. The Bertz CT molecular complexity index is 878. The van der Waals surface area contributed by atoms with E-state index in [2.05, 4.69) is 10.6 Å². The minimum Gasteiger partial charge on any atom is -0.394 e. The number of hydrogen-bond donors (Lipinski definition) is 4. The van der Waals surface area contributed by atoms with Gasteiger partial charge in [-0.15, -0.1) is 0 Å². The molecule has 150 valence electrons. The summed E-state index contributed by atoms with van der Waals surface area (Å²) < 4.78 is 43.1. The molecule has 0 unspecified atom stereocenters. The van der Waals surface area contributed by atoms with Crippen molar-refractivity contribution in [1.82, 2.24) is 10.8 Å². The van der Waals surface area contributed by atoms with Crippen LogP contribution in [0, 0.1) is 24.4 Å². The SMILES string of the molecule is Cc1ccc(Nc2c(C(=O)NOCCO)cc(CNC=O)c(F)c2F)c(F)c1. The molecule has 0 saturated heterocycles. The van der Waals surface area contributed by atoms with Crippen LogP contribution in [0.25, 0.3) is 0 Å². The third-order valence-electron chi connectivity index (χ3n) is 3.64. The number of nitrogens with one attached hydrogen (secondary N) is 3. The van der Waals surface area contributed by atoms with Gasteiger partial charge in [-0.1, -0.05) is 6.07 Å². The summed E-state index contributed by atoms with van der Waals surface area (Å²) in [5.41, 5.74) is 1.11. The second-order valence-corrected chi connectivity index (χ2v) is 5.70. The van der Waals surface area contributed by atoms with Gasteiger partial charge in [0.05, 0.1) is 30.2 Å². The molecule has 2 aromatic carbocycles. The van der Waals surface area contributed by atoms with E-state index >= 15 is 0 Å². The summed E-state index contributed by atoms with van der Waals surface area (Å²) >= 11 is 0. The van der Waals surface area contributed by atoms with Crippen molar-refractivity contribution in [2.24, 2.45) is 0 Å². The Kier molecular flexibility index (Phi) is 7.36. The highest BCUT2D eigenvalue weighted by atomic mass is 19.2. The van der Waals surface area contributed by atoms with Crippen LogP contribution in [-0.2, 0) is 16.2 Å². The average Bonchev–Trinajstić information content (AvgIpc) is 2.66. The molecule has 0 saturated carbocycles. The van der Waals surface area contributed by atoms with Crippen LogP contribution in [0.15, 0.2) is 24.3 Å². The van der Waals surface area contributed by atoms with Gasteiger partial charge < -0.3 is 15.7 Å². The fourth-order valence-electron chi connectivity index (χ4n) is 2.33. The van der Waals surface area contributed by atoms with E-state index in [9.17, 15) is 22.8 Å². The first kappa shape index (κ1) is 21.2. The molecule has 0 aliphatic heterocycles. The van der Waals surface area contributed by atoms with E-state index in [1.165, 1.54) is 12.1 Å². The zero-order valence-corrected chi connectivity index (χ0v) is 14.8. The molecule has 0 aromatic heterocycles. The number of aliphatic hydroxyl groups is 1. The second kappa shape index (κ2) is 9.72. The van der Waals surface area contributed by atoms with Crippen LogP contribution in [0.2, 0.25) is 0 Å². The maximum absolute atomic E-state index is 14.7. The number of amides is 2. The largest absolute Gasteiger partial charge is 0.394 e. The van der Waals surface area contributed by atoms with Crippen molar-refractivity contribution in [1.29, 1.82) is 0 Å². The molecule has 2 amide bonds. The number of anilines is 2. The monoisotopic (exact) mass is 397 g/mol. The highest BCUT2D eigenvalue weighted by Crippen LogP contribution is 2.30. The highest BCUT2D eigenvalue weighted by Gasteiger charge is 2.23. The summed E-state index contributed by atoms with van der Waals surface area (Å²) in [6.07, 6.45) is 0.287. The van der Waals surface area contributed by atoms with Crippen LogP contribution in [0.1, 0.15) is 21.5 Å². The molecular weight excluding hydrogens is 379 g/mol. The molecule has 7 nitrogen and oxygen atoms in total. The van der Waals surface area contributed by atoms with Gasteiger partial charge >= 0.3 is 0 Å². The Morgan fingerprint density at radius 2 is 1.96 bits per heavy atom. The number of halogens is 3. The average molecular weight is 397 g/mol. The Morgan fingerprint density at radius 1 is 1.21 bits per heavy atom. The smallest absolute Gasteiger partial charge is 0.277 e. The molecule has 0 aliphatic rings. The summed E-state index contributed by atoms with van der Waals surface area (Å²) in [6, 6.07) is 5.05. The van der Waals surface area contributed by atoms with Gasteiger partial charge in [-0.25, -0.2) is 18.7 Å². The van der Waals surface area contributed by atoms with E-state index in [1.54, 1.807) is 13.0 Å². The number of hydrogen-bond acceptors (Lipinski definition) is 5. The number of hydroxylamine groups is 1. The van der Waals surface area contributed by atoms with Crippen LogP contribution < -0.4 is 16.1 Å². The number of carbonyl (C=O) groups is 2. The third kappa shape index (κ3) is 4.99. The van der Waals surface area contributed by atoms with Crippen LogP contribution in [-0.4, -0.2) is 30.6 Å². The Labute approximate surface area is 158 Å². The van der Waals surface area contributed by atoms with Crippen LogP contribution in [0.4, 0.5) is 24.5 Å². The molecule has 0 atom stereocenters. The first-order chi connectivity index (χ1) is 13.4. The normalized spacial score (nSPS) is 10.5. The molecule has 2 rings (SSSR count). The van der Waals surface area contributed by atoms with Gasteiger partial charge in [-0.2, -0.15) is 0 Å². The molecule has 0 spiro atoms. The van der Waals surface area contributed by atoms with Crippen molar-refractivity contribution in [3.8, 4) is 0 Å². The van der Waals surface area contributed by atoms with Crippen molar-refractivity contribution in [3.05, 3.63) is 58.4 Å². The summed E-state index contributed by atoms with van der Waals surface area (Å²) in [6.45, 7) is 0.666. The Balaban J connectivity index is 2.49. The maximum Gasteiger partial charge on any atom is 0.277 e. The Morgan fingerprint density at radius 3 is 2.61 bits per heavy atom. The van der Waals surface area contributed by atoms with E-state index in [4.69, 9.17) is 9.94 Å². The molecule has 0 fully saturated rings. The zero-order valence-electron chi connectivity index (χ0n) is 14.8. The van der Waals surface area contributed by atoms with Crippen LogP contribution in [0.5, 0.6) is 0 Å². The second-order valence-electron chi connectivity index (χ2n) is 5.70. The van der Waals surface area contributed by atoms with Crippen molar-refractivity contribution in [3.63, 3.8) is 0 Å². The van der Waals surface area contributed by atoms with E-state index in [1.807, 2.05) is 5.48 Å². The molecule has 0 radical (unpaired) electrons. The zero-order chi connectivity index (χ0) is 20.7. The maximum atomic E-state index is 14.7. The van der Waals surface area contributed by atoms with E-state index in [0.717, 1.165) is 6.07 Å². The molecule has 4 N–H and O–H groups in total. The fourth-order valence-corrected chi connectivity index (χ4v) is 2.33. The van der Waals surface area contributed by atoms with Gasteiger partial charge in [0.15, 0.2) is 11.6 Å².